The van der Waals surface area contributed by atoms with Crippen molar-refractivity contribution in [3.8, 4) is 11.5 Å². The van der Waals surface area contributed by atoms with Crippen LogP contribution in [0.3, 0.4) is 0 Å². The van der Waals surface area contributed by atoms with Crippen molar-refractivity contribution in [3.63, 3.8) is 0 Å². The Morgan fingerprint density at radius 3 is 2.54 bits per heavy atom. The standard InChI is InChI=1S/C27H27FN2O4S/c28-18-8-6-11-20(16-18)30(27(32)23-17-33-21-12-4-5-13-22(21)34-23)25(24-14-7-15-35-24)26(31)29-19-9-2-1-3-10-19/h4-8,11-16,19,23,25H,1-3,9-10,17H2,(H,29,31)/t23-,25+/m0/s1. The van der Waals surface area contributed by atoms with Crippen molar-refractivity contribution in [3.05, 3.63) is 76.7 Å². The number of fused-ring (bicyclic) bond motifs is 1. The molecule has 0 spiro atoms. The van der Waals surface area contributed by atoms with Gasteiger partial charge in [-0.3, -0.25) is 14.5 Å². The predicted octanol–water partition coefficient (Wildman–Crippen LogP) is 5.25. The predicted molar refractivity (Wildman–Crippen MR) is 132 cm³/mol. The van der Waals surface area contributed by atoms with Crippen LogP contribution in [-0.4, -0.2) is 30.6 Å². The lowest BCUT2D eigenvalue weighted by atomic mass is 9.95. The molecule has 0 unspecified atom stereocenters. The quantitative estimate of drug-likeness (QED) is 0.508. The van der Waals surface area contributed by atoms with E-state index in [1.54, 1.807) is 24.3 Å². The molecule has 1 saturated carbocycles. The average molecular weight is 495 g/mol. The summed E-state index contributed by atoms with van der Waals surface area (Å²) in [6.07, 6.45) is 4.12. The third kappa shape index (κ3) is 5.17. The molecule has 2 atom stereocenters. The van der Waals surface area contributed by atoms with Gasteiger partial charge in [0.15, 0.2) is 11.5 Å². The van der Waals surface area contributed by atoms with Gasteiger partial charge in [-0.25, -0.2) is 4.39 Å². The molecule has 0 radical (unpaired) electrons. The highest BCUT2D eigenvalue weighted by molar-refractivity contribution is 7.10. The number of carbonyl (C=O) groups excluding carboxylic acids is 2. The minimum Gasteiger partial charge on any atom is -0.485 e. The number of carbonyl (C=O) groups is 2. The van der Waals surface area contributed by atoms with E-state index in [0.29, 0.717) is 16.4 Å². The first kappa shape index (κ1) is 23.4. The molecule has 8 heteroatoms. The first-order valence-corrected chi connectivity index (χ1v) is 12.8. The number of thiophene rings is 1. The van der Waals surface area contributed by atoms with E-state index in [4.69, 9.17) is 9.47 Å². The van der Waals surface area contributed by atoms with Crippen LogP contribution in [0, 0.1) is 5.82 Å². The number of hydrogen-bond acceptors (Lipinski definition) is 5. The highest BCUT2D eigenvalue weighted by Gasteiger charge is 2.40. The van der Waals surface area contributed by atoms with Crippen LogP contribution in [0.4, 0.5) is 10.1 Å². The van der Waals surface area contributed by atoms with Crippen molar-refractivity contribution >= 4 is 28.8 Å². The van der Waals surface area contributed by atoms with E-state index in [1.165, 1.54) is 34.4 Å². The number of para-hydroxylation sites is 2. The van der Waals surface area contributed by atoms with E-state index >= 15 is 0 Å². The molecule has 3 aromatic rings. The molecule has 0 saturated heterocycles. The van der Waals surface area contributed by atoms with E-state index in [-0.39, 0.29) is 24.2 Å². The van der Waals surface area contributed by atoms with Crippen LogP contribution >= 0.6 is 11.3 Å². The molecule has 1 aromatic heterocycles. The van der Waals surface area contributed by atoms with Crippen molar-refractivity contribution in [1.29, 1.82) is 0 Å². The summed E-state index contributed by atoms with van der Waals surface area (Å²) in [7, 11) is 0. The first-order valence-electron chi connectivity index (χ1n) is 11.9. The first-order chi connectivity index (χ1) is 17.1. The third-order valence-electron chi connectivity index (χ3n) is 6.38. The van der Waals surface area contributed by atoms with Gasteiger partial charge in [-0.15, -0.1) is 11.3 Å². The van der Waals surface area contributed by atoms with Gasteiger partial charge in [0.05, 0.1) is 0 Å². The van der Waals surface area contributed by atoms with E-state index < -0.39 is 23.9 Å². The number of amides is 2. The van der Waals surface area contributed by atoms with Gasteiger partial charge in [-0.1, -0.05) is 43.5 Å². The fraction of sp³-hybridized carbons (Fsp3) is 0.333. The van der Waals surface area contributed by atoms with E-state index in [0.717, 1.165) is 32.1 Å². The molecular weight excluding hydrogens is 467 g/mol. The number of nitrogens with zero attached hydrogens (tertiary/aromatic N) is 1. The fourth-order valence-electron chi connectivity index (χ4n) is 4.67. The van der Waals surface area contributed by atoms with Crippen molar-refractivity contribution in [2.24, 2.45) is 0 Å². The highest BCUT2D eigenvalue weighted by Crippen LogP contribution is 2.35. The number of ether oxygens (including phenoxy) is 2. The Bertz CT molecular complexity index is 1180. The molecule has 1 aliphatic carbocycles. The Labute approximate surface area is 207 Å². The molecule has 6 nitrogen and oxygen atoms in total. The summed E-state index contributed by atoms with van der Waals surface area (Å²) in [5.41, 5.74) is 0.287. The molecule has 35 heavy (non-hydrogen) atoms. The second-order valence-electron chi connectivity index (χ2n) is 8.81. The molecule has 1 fully saturated rings. The van der Waals surface area contributed by atoms with E-state index in [1.807, 2.05) is 23.6 Å². The molecule has 1 aliphatic heterocycles. The van der Waals surface area contributed by atoms with Crippen molar-refractivity contribution in [2.75, 3.05) is 11.5 Å². The lowest BCUT2D eigenvalue weighted by molar-refractivity contribution is -0.132. The van der Waals surface area contributed by atoms with E-state index in [2.05, 4.69) is 5.32 Å². The number of benzene rings is 2. The average Bonchev–Trinajstić information content (AvgIpc) is 3.41. The van der Waals surface area contributed by atoms with Gasteiger partial charge < -0.3 is 14.8 Å². The smallest absolute Gasteiger partial charge is 0.272 e. The minimum atomic E-state index is -0.988. The van der Waals surface area contributed by atoms with Crippen molar-refractivity contribution < 1.29 is 23.5 Å². The third-order valence-corrected chi connectivity index (χ3v) is 7.30. The van der Waals surface area contributed by atoms with Gasteiger partial charge in [-0.2, -0.15) is 0 Å². The molecule has 182 valence electrons. The maximum Gasteiger partial charge on any atom is 0.272 e. The zero-order valence-corrected chi connectivity index (χ0v) is 20.0. The van der Waals surface area contributed by atoms with Crippen LogP contribution in [-0.2, 0) is 9.59 Å². The Balaban J connectivity index is 1.51. The Kier molecular flexibility index (Phi) is 6.99. The van der Waals surface area contributed by atoms with Crippen LogP contribution in [0.1, 0.15) is 43.0 Å². The van der Waals surface area contributed by atoms with Gasteiger partial charge in [0, 0.05) is 16.6 Å². The number of halogens is 1. The Morgan fingerprint density at radius 1 is 1.00 bits per heavy atom. The summed E-state index contributed by atoms with van der Waals surface area (Å²) in [5.74, 6) is -0.241. The summed E-state index contributed by atoms with van der Waals surface area (Å²) in [4.78, 5) is 29.8. The monoisotopic (exact) mass is 494 g/mol. The summed E-state index contributed by atoms with van der Waals surface area (Å²) in [5, 5.41) is 5.02. The molecule has 2 heterocycles. The molecule has 2 aromatic carbocycles. The number of hydrogen-bond donors (Lipinski definition) is 1. The molecule has 2 aliphatic rings. The van der Waals surface area contributed by atoms with Gasteiger partial charge >= 0.3 is 0 Å². The normalized spacial score (nSPS) is 18.5. The maximum absolute atomic E-state index is 14.3. The van der Waals surface area contributed by atoms with Gasteiger partial charge in [0.1, 0.15) is 18.5 Å². The maximum atomic E-state index is 14.3. The second-order valence-corrected chi connectivity index (χ2v) is 9.79. The lowest BCUT2D eigenvalue weighted by Crippen LogP contribution is -2.52. The summed E-state index contributed by atoms with van der Waals surface area (Å²) < 4.78 is 26.1. The summed E-state index contributed by atoms with van der Waals surface area (Å²) >= 11 is 1.38. The largest absolute Gasteiger partial charge is 0.485 e. The zero-order chi connectivity index (χ0) is 24.2. The highest BCUT2D eigenvalue weighted by atomic mass is 32.1. The zero-order valence-electron chi connectivity index (χ0n) is 19.2. The molecule has 2 amide bonds. The summed E-state index contributed by atoms with van der Waals surface area (Å²) in [6, 6.07) is 15.6. The number of nitrogens with one attached hydrogen (secondary N) is 1. The Hall–Kier alpha value is -3.39. The van der Waals surface area contributed by atoms with Crippen molar-refractivity contribution in [2.45, 2.75) is 50.3 Å². The van der Waals surface area contributed by atoms with Crippen LogP contribution in [0.25, 0.3) is 0 Å². The molecule has 5 rings (SSSR count). The lowest BCUT2D eigenvalue weighted by Gasteiger charge is -2.35. The number of anilines is 1. The van der Waals surface area contributed by atoms with Crippen LogP contribution < -0.4 is 19.7 Å². The fourth-order valence-corrected chi connectivity index (χ4v) is 5.49. The van der Waals surface area contributed by atoms with Crippen LogP contribution in [0.2, 0.25) is 0 Å². The van der Waals surface area contributed by atoms with Gasteiger partial charge in [0.2, 0.25) is 12.0 Å². The van der Waals surface area contributed by atoms with Crippen molar-refractivity contribution in [1.82, 2.24) is 5.32 Å². The topological polar surface area (TPSA) is 67.9 Å². The second kappa shape index (κ2) is 10.5. The SMILES string of the molecule is O=C(NC1CCCCC1)[C@@H](c1cccs1)N(C(=O)[C@@H]1COc2ccccc2O1)c1cccc(F)c1. The van der Waals surface area contributed by atoms with Crippen LogP contribution in [0.5, 0.6) is 11.5 Å². The van der Waals surface area contributed by atoms with Gasteiger partial charge in [-0.05, 0) is 54.6 Å². The molecule has 0 bridgehead atoms. The summed E-state index contributed by atoms with van der Waals surface area (Å²) in [6.45, 7) is -0.0108. The molecular formula is C27H27FN2O4S. The molecule has 1 N–H and O–H groups in total. The van der Waals surface area contributed by atoms with E-state index in [9.17, 15) is 14.0 Å². The van der Waals surface area contributed by atoms with Crippen LogP contribution in [0.15, 0.2) is 66.0 Å². The number of rotatable bonds is 6. The van der Waals surface area contributed by atoms with Gasteiger partial charge in [0.25, 0.3) is 5.91 Å². The Morgan fingerprint density at radius 2 is 1.80 bits per heavy atom. The minimum absolute atomic E-state index is 0.0108.